The van der Waals surface area contributed by atoms with Gasteiger partial charge in [0.05, 0.1) is 19.4 Å². The molecule has 2 aromatic rings. The standard InChI is InChI=1S/C16H21ClN4O/c17-15-14-11-19-16(21(14)6-5-18-15)12-1-3-13(4-2-12)20-7-9-22-10-8-20/h5-6,11-13H,1-4,7-10H2/t12-,13-. The largest absolute Gasteiger partial charge is 0.379 e. The first-order chi connectivity index (χ1) is 10.8. The molecule has 0 atom stereocenters. The number of aromatic nitrogens is 3. The molecule has 118 valence electrons. The molecule has 0 bridgehead atoms. The zero-order valence-corrected chi connectivity index (χ0v) is 13.4. The Morgan fingerprint density at radius 3 is 2.64 bits per heavy atom. The molecule has 1 aliphatic heterocycles. The van der Waals surface area contributed by atoms with E-state index >= 15 is 0 Å². The van der Waals surface area contributed by atoms with Crippen LogP contribution in [0.1, 0.15) is 37.4 Å². The van der Waals surface area contributed by atoms with Crippen LogP contribution in [-0.4, -0.2) is 51.6 Å². The van der Waals surface area contributed by atoms with E-state index in [9.17, 15) is 0 Å². The average molecular weight is 321 g/mol. The lowest BCUT2D eigenvalue weighted by atomic mass is 9.84. The lowest BCUT2D eigenvalue weighted by Crippen LogP contribution is -2.44. The molecule has 1 saturated heterocycles. The SMILES string of the molecule is Clc1nccn2c1cnc2[C@H]1CC[C@H](N2CCOCC2)CC1. The molecule has 1 aliphatic carbocycles. The lowest BCUT2D eigenvalue weighted by Gasteiger charge is -2.38. The van der Waals surface area contributed by atoms with Gasteiger partial charge < -0.3 is 4.74 Å². The van der Waals surface area contributed by atoms with Crippen LogP contribution in [0.4, 0.5) is 0 Å². The number of rotatable bonds is 2. The molecule has 0 aromatic carbocycles. The predicted octanol–water partition coefficient (Wildman–Crippen LogP) is 2.74. The Hall–Kier alpha value is -1.17. The summed E-state index contributed by atoms with van der Waals surface area (Å²) < 4.78 is 7.56. The van der Waals surface area contributed by atoms with E-state index in [4.69, 9.17) is 16.3 Å². The molecule has 1 saturated carbocycles. The smallest absolute Gasteiger partial charge is 0.154 e. The fourth-order valence-electron chi connectivity index (χ4n) is 3.86. The van der Waals surface area contributed by atoms with E-state index in [0.29, 0.717) is 11.1 Å². The van der Waals surface area contributed by atoms with Gasteiger partial charge in [-0.25, -0.2) is 9.97 Å². The van der Waals surface area contributed by atoms with Crippen LogP contribution in [-0.2, 0) is 4.74 Å². The molecule has 3 heterocycles. The van der Waals surface area contributed by atoms with Gasteiger partial charge >= 0.3 is 0 Å². The first kappa shape index (κ1) is 14.4. The van der Waals surface area contributed by atoms with Gasteiger partial charge in [-0.3, -0.25) is 9.30 Å². The van der Waals surface area contributed by atoms with E-state index in [1.54, 1.807) is 6.20 Å². The summed E-state index contributed by atoms with van der Waals surface area (Å²) in [5.74, 6) is 1.66. The summed E-state index contributed by atoms with van der Waals surface area (Å²) in [6, 6.07) is 0.719. The summed E-state index contributed by atoms with van der Waals surface area (Å²) in [5, 5.41) is 0.531. The van der Waals surface area contributed by atoms with Crippen molar-refractivity contribution in [3.8, 4) is 0 Å². The van der Waals surface area contributed by atoms with Crippen molar-refractivity contribution < 1.29 is 4.74 Å². The van der Waals surface area contributed by atoms with Crippen molar-refractivity contribution in [2.24, 2.45) is 0 Å². The Bertz CT molecular complexity index is 645. The van der Waals surface area contributed by atoms with Crippen LogP contribution >= 0.6 is 11.6 Å². The summed E-state index contributed by atoms with van der Waals surface area (Å²) in [5.41, 5.74) is 0.912. The molecule has 0 radical (unpaired) electrons. The highest BCUT2D eigenvalue weighted by Gasteiger charge is 2.29. The number of nitrogens with zero attached hydrogens (tertiary/aromatic N) is 4. The van der Waals surface area contributed by atoms with Gasteiger partial charge in [0.25, 0.3) is 0 Å². The normalized spacial score (nSPS) is 27.3. The Kier molecular flexibility index (Phi) is 4.03. The molecule has 6 heteroatoms. The van der Waals surface area contributed by atoms with Crippen molar-refractivity contribution in [3.63, 3.8) is 0 Å². The number of hydrogen-bond acceptors (Lipinski definition) is 4. The van der Waals surface area contributed by atoms with Crippen molar-refractivity contribution in [2.45, 2.75) is 37.6 Å². The molecule has 4 rings (SSSR count). The second-order valence-corrected chi connectivity index (χ2v) is 6.60. The van der Waals surface area contributed by atoms with Gasteiger partial charge in [0.2, 0.25) is 0 Å². The fourth-order valence-corrected chi connectivity index (χ4v) is 4.06. The van der Waals surface area contributed by atoms with Crippen molar-refractivity contribution in [1.82, 2.24) is 19.3 Å². The van der Waals surface area contributed by atoms with E-state index in [1.165, 1.54) is 25.7 Å². The Labute approximate surface area is 135 Å². The van der Waals surface area contributed by atoms with Gasteiger partial charge in [-0.05, 0) is 25.7 Å². The summed E-state index contributed by atoms with van der Waals surface area (Å²) in [4.78, 5) is 11.3. The van der Waals surface area contributed by atoms with Gasteiger partial charge in [0, 0.05) is 37.4 Å². The molecule has 5 nitrogen and oxygen atoms in total. The van der Waals surface area contributed by atoms with Crippen LogP contribution in [0.3, 0.4) is 0 Å². The maximum atomic E-state index is 6.14. The molecule has 22 heavy (non-hydrogen) atoms. The van der Waals surface area contributed by atoms with E-state index in [2.05, 4.69) is 19.3 Å². The van der Waals surface area contributed by atoms with Gasteiger partial charge in [0.15, 0.2) is 5.15 Å². The monoisotopic (exact) mass is 320 g/mol. The Balaban J connectivity index is 1.47. The van der Waals surface area contributed by atoms with Crippen LogP contribution in [0.25, 0.3) is 5.52 Å². The number of halogens is 1. The molecule has 2 aromatic heterocycles. The van der Waals surface area contributed by atoms with Crippen LogP contribution < -0.4 is 0 Å². The van der Waals surface area contributed by atoms with E-state index in [1.807, 2.05) is 12.4 Å². The number of hydrogen-bond donors (Lipinski definition) is 0. The maximum absolute atomic E-state index is 6.14. The van der Waals surface area contributed by atoms with E-state index < -0.39 is 0 Å². The fraction of sp³-hybridized carbons (Fsp3) is 0.625. The van der Waals surface area contributed by atoms with Gasteiger partial charge in [-0.2, -0.15) is 0 Å². The minimum absolute atomic E-state index is 0.526. The number of imidazole rings is 1. The van der Waals surface area contributed by atoms with Crippen LogP contribution in [0, 0.1) is 0 Å². The number of ether oxygens (including phenoxy) is 1. The summed E-state index contributed by atoms with van der Waals surface area (Å²) in [6.07, 6.45) is 10.5. The van der Waals surface area contributed by atoms with Crippen LogP contribution in [0.15, 0.2) is 18.6 Å². The zero-order chi connectivity index (χ0) is 14.9. The molecule has 2 aliphatic rings. The highest BCUT2D eigenvalue weighted by Crippen LogP contribution is 2.35. The van der Waals surface area contributed by atoms with Gasteiger partial charge in [-0.15, -0.1) is 0 Å². The third kappa shape index (κ3) is 2.62. The maximum Gasteiger partial charge on any atom is 0.154 e. The minimum atomic E-state index is 0.526. The van der Waals surface area contributed by atoms with Crippen molar-refractivity contribution >= 4 is 17.1 Å². The van der Waals surface area contributed by atoms with E-state index in [-0.39, 0.29) is 0 Å². The van der Waals surface area contributed by atoms with Gasteiger partial charge in [-0.1, -0.05) is 11.6 Å². The first-order valence-corrected chi connectivity index (χ1v) is 8.50. The van der Waals surface area contributed by atoms with Crippen LogP contribution in [0.2, 0.25) is 5.15 Å². The molecule has 0 spiro atoms. The topological polar surface area (TPSA) is 42.7 Å². The van der Waals surface area contributed by atoms with Crippen molar-refractivity contribution in [2.75, 3.05) is 26.3 Å². The summed E-state index contributed by atoms with van der Waals surface area (Å²) in [7, 11) is 0. The van der Waals surface area contributed by atoms with Crippen molar-refractivity contribution in [3.05, 3.63) is 29.6 Å². The Morgan fingerprint density at radius 1 is 1.09 bits per heavy atom. The highest BCUT2D eigenvalue weighted by molar-refractivity contribution is 6.32. The third-order valence-corrected chi connectivity index (χ3v) is 5.36. The second-order valence-electron chi connectivity index (χ2n) is 6.24. The molecular weight excluding hydrogens is 300 g/mol. The molecular formula is C16H21ClN4O. The molecule has 0 amide bonds. The molecule has 0 unspecified atom stereocenters. The van der Waals surface area contributed by atoms with Gasteiger partial charge in [0.1, 0.15) is 11.3 Å². The van der Waals surface area contributed by atoms with E-state index in [0.717, 1.165) is 43.7 Å². The first-order valence-electron chi connectivity index (χ1n) is 8.12. The second kappa shape index (κ2) is 6.14. The summed E-state index contributed by atoms with van der Waals surface area (Å²) >= 11 is 6.14. The average Bonchev–Trinajstić information content (AvgIpc) is 3.01. The van der Waals surface area contributed by atoms with Crippen LogP contribution in [0.5, 0.6) is 0 Å². The lowest BCUT2D eigenvalue weighted by molar-refractivity contribution is 0.00710. The highest BCUT2D eigenvalue weighted by atomic mass is 35.5. The molecule has 0 N–H and O–H groups in total. The molecule has 2 fully saturated rings. The third-order valence-electron chi connectivity index (χ3n) is 5.06. The van der Waals surface area contributed by atoms with Crippen molar-refractivity contribution in [1.29, 1.82) is 0 Å². The zero-order valence-electron chi connectivity index (χ0n) is 12.6. The number of morpholine rings is 1. The minimum Gasteiger partial charge on any atom is -0.379 e. The number of fused-ring (bicyclic) bond motifs is 1. The Morgan fingerprint density at radius 2 is 1.86 bits per heavy atom. The summed E-state index contributed by atoms with van der Waals surface area (Å²) in [6.45, 7) is 3.94. The predicted molar refractivity (Wildman–Crippen MR) is 85.4 cm³/mol. The quantitative estimate of drug-likeness (QED) is 0.853.